The summed E-state index contributed by atoms with van der Waals surface area (Å²) in [5.74, 6) is 0. The molecule has 0 unspecified atom stereocenters. The van der Waals surface area contributed by atoms with Crippen LogP contribution in [-0.4, -0.2) is 40.4 Å². The van der Waals surface area contributed by atoms with Gasteiger partial charge in [-0.25, -0.2) is 0 Å². The maximum absolute atomic E-state index is 9.32. The zero-order valence-corrected chi connectivity index (χ0v) is 9.39. The van der Waals surface area contributed by atoms with Crippen molar-refractivity contribution < 1.29 is 33.0 Å². The van der Waals surface area contributed by atoms with E-state index in [0.29, 0.717) is 0 Å². The summed E-state index contributed by atoms with van der Waals surface area (Å²) in [5.41, 5.74) is 0. The molecule has 0 aromatic rings. The average molecular weight is 225 g/mol. The number of rotatable bonds is 2. The van der Waals surface area contributed by atoms with Crippen molar-refractivity contribution in [3.63, 3.8) is 0 Å². The van der Waals surface area contributed by atoms with Crippen molar-refractivity contribution in [3.05, 3.63) is 0 Å². The molecular formula is AlMgO7P2+. The van der Waals surface area contributed by atoms with E-state index in [1.165, 1.54) is 0 Å². The average Bonchev–Trinajstić information content (AvgIpc) is 1.14. The third-order valence-electron chi connectivity index (χ3n) is 0.200. The zero-order chi connectivity index (χ0) is 7.71. The molecule has 0 saturated heterocycles. The van der Waals surface area contributed by atoms with Crippen LogP contribution in [0.15, 0.2) is 0 Å². The molecule has 56 valence electrons. The Balaban J connectivity index is -0.000000320. The van der Waals surface area contributed by atoms with Crippen LogP contribution in [0.3, 0.4) is 0 Å². The van der Waals surface area contributed by atoms with Gasteiger partial charge in [-0.1, -0.05) is 0 Å². The molecule has 0 rings (SSSR count). The maximum atomic E-state index is 9.32. The molecule has 0 amide bonds. The van der Waals surface area contributed by atoms with Gasteiger partial charge in [0.05, 0.1) is 15.6 Å². The molecule has 0 aliphatic rings. The Morgan fingerprint density at radius 1 is 0.909 bits per heavy atom. The second-order valence-corrected chi connectivity index (χ2v) is 3.42. The molecule has 7 nitrogen and oxygen atoms in total. The van der Waals surface area contributed by atoms with Crippen LogP contribution < -0.4 is 19.6 Å². The molecule has 0 aromatic carbocycles. The zero-order valence-electron chi connectivity index (χ0n) is 5.04. The summed E-state index contributed by atoms with van der Waals surface area (Å²) < 4.78 is 21.2. The Kier molecular flexibility index (Phi) is 10.1. The van der Waals surface area contributed by atoms with Crippen LogP contribution in [0, 0.1) is 0 Å². The van der Waals surface area contributed by atoms with Crippen LogP contribution >= 0.6 is 15.6 Å². The SMILES string of the molecule is O=P([O-])([O-])OP(=O)([O-])[O-].[Al+3].[Mg+2]. The van der Waals surface area contributed by atoms with Gasteiger partial charge in [0, 0.05) is 0 Å². The first-order valence-corrected chi connectivity index (χ1v) is 4.38. The van der Waals surface area contributed by atoms with Gasteiger partial charge in [0.25, 0.3) is 0 Å². The molecule has 0 N–H and O–H groups in total. The summed E-state index contributed by atoms with van der Waals surface area (Å²) in [4.78, 5) is 37.3. The van der Waals surface area contributed by atoms with E-state index in [4.69, 9.17) is 0 Å². The standard InChI is InChI=1S/Al.Mg.H4O7P2/c;;1-8(2,3)7-9(4,5)6/h;;(H2,1,2,3)(H2,4,5,6)/q+3;+2;/p-4. The van der Waals surface area contributed by atoms with Crippen molar-refractivity contribution in [1.29, 1.82) is 0 Å². The van der Waals surface area contributed by atoms with Crippen LogP contribution in [0.25, 0.3) is 0 Å². The van der Waals surface area contributed by atoms with Gasteiger partial charge in [-0.15, -0.1) is 0 Å². The third-order valence-corrected chi connectivity index (χ3v) is 1.80. The molecule has 0 spiro atoms. The van der Waals surface area contributed by atoms with Crippen LogP contribution in [0.2, 0.25) is 0 Å². The molecule has 0 heterocycles. The molecule has 0 fully saturated rings. The Bertz CT molecular complexity index is 157. The first-order chi connectivity index (χ1) is 3.71. The minimum atomic E-state index is -5.68. The topological polar surface area (TPSA) is 136 Å². The van der Waals surface area contributed by atoms with Crippen LogP contribution in [0.1, 0.15) is 0 Å². The van der Waals surface area contributed by atoms with Gasteiger partial charge in [-0.05, 0) is 0 Å². The minimum absolute atomic E-state index is 0. The van der Waals surface area contributed by atoms with E-state index < -0.39 is 15.6 Å². The maximum Gasteiger partial charge on any atom is 3.00 e. The predicted molar refractivity (Wildman–Crippen MR) is 27.8 cm³/mol. The van der Waals surface area contributed by atoms with Crippen molar-refractivity contribution in [2.75, 3.05) is 0 Å². The van der Waals surface area contributed by atoms with E-state index in [9.17, 15) is 28.7 Å². The summed E-state index contributed by atoms with van der Waals surface area (Å²) in [7, 11) is -11.4. The van der Waals surface area contributed by atoms with E-state index in [1.807, 2.05) is 0 Å². The van der Waals surface area contributed by atoms with Crippen molar-refractivity contribution in [3.8, 4) is 0 Å². The molecule has 0 atom stereocenters. The fourth-order valence-electron chi connectivity index (χ4n) is 0.122. The summed E-state index contributed by atoms with van der Waals surface area (Å²) in [6.07, 6.45) is 0. The van der Waals surface area contributed by atoms with Gasteiger partial charge in [0.2, 0.25) is 0 Å². The second-order valence-electron chi connectivity index (χ2n) is 0.976. The summed E-state index contributed by atoms with van der Waals surface area (Å²) in [6.45, 7) is 0. The quantitative estimate of drug-likeness (QED) is 0.344. The van der Waals surface area contributed by atoms with Gasteiger partial charge in [0.15, 0.2) is 0 Å². The largest absolute Gasteiger partial charge is 3.00 e. The first-order valence-electron chi connectivity index (χ1n) is 1.46. The van der Waals surface area contributed by atoms with Gasteiger partial charge >= 0.3 is 40.4 Å². The molecule has 0 aliphatic carbocycles. The van der Waals surface area contributed by atoms with Gasteiger partial charge in [-0.2, -0.15) is 0 Å². The summed E-state index contributed by atoms with van der Waals surface area (Å²) in [6, 6.07) is 0. The minimum Gasteiger partial charge on any atom is -0.790 e. The normalized spacial score (nSPS) is 11.3. The van der Waals surface area contributed by atoms with Crippen molar-refractivity contribution in [1.82, 2.24) is 0 Å². The number of hydrogen-bond donors (Lipinski definition) is 0. The smallest absolute Gasteiger partial charge is 0.790 e. The fourth-order valence-corrected chi connectivity index (χ4v) is 1.10. The van der Waals surface area contributed by atoms with Crippen LogP contribution in [-0.2, 0) is 13.4 Å². The van der Waals surface area contributed by atoms with Crippen molar-refractivity contribution in [2.24, 2.45) is 0 Å². The van der Waals surface area contributed by atoms with Gasteiger partial charge in [-0.3, -0.25) is 0 Å². The molecule has 0 saturated carbocycles. The van der Waals surface area contributed by atoms with Crippen molar-refractivity contribution >= 4 is 56.1 Å². The molecule has 0 aromatic heterocycles. The van der Waals surface area contributed by atoms with Crippen molar-refractivity contribution in [2.45, 2.75) is 0 Å². The molecule has 0 aliphatic heterocycles. The van der Waals surface area contributed by atoms with Gasteiger partial charge < -0.3 is 33.0 Å². The first kappa shape index (κ1) is 18.4. The molecule has 11 heteroatoms. The molecule has 0 bridgehead atoms. The van der Waals surface area contributed by atoms with E-state index >= 15 is 0 Å². The summed E-state index contributed by atoms with van der Waals surface area (Å²) >= 11 is 0. The van der Waals surface area contributed by atoms with Crippen LogP contribution in [0.4, 0.5) is 0 Å². The molecule has 0 radical (unpaired) electrons. The molecular weight excluding hydrogens is 225 g/mol. The van der Waals surface area contributed by atoms with E-state index in [0.717, 1.165) is 0 Å². The number of hydrogen-bond acceptors (Lipinski definition) is 7. The summed E-state index contributed by atoms with van der Waals surface area (Å²) in [5, 5.41) is 0. The molecule has 11 heavy (non-hydrogen) atoms. The van der Waals surface area contributed by atoms with E-state index in [-0.39, 0.29) is 40.4 Å². The fraction of sp³-hybridized carbons (Fsp3) is 0. The second kappa shape index (κ2) is 6.08. The van der Waals surface area contributed by atoms with Crippen LogP contribution in [0.5, 0.6) is 0 Å². The Morgan fingerprint density at radius 3 is 1.09 bits per heavy atom. The van der Waals surface area contributed by atoms with Gasteiger partial charge in [0.1, 0.15) is 0 Å². The predicted octanol–water partition coefficient (Wildman–Crippen LogP) is -4.10. The monoisotopic (exact) mass is 225 g/mol. The van der Waals surface area contributed by atoms with E-state index in [2.05, 4.69) is 4.31 Å². The Labute approximate surface area is 88.9 Å². The Morgan fingerprint density at radius 2 is 1.09 bits per heavy atom. The number of phosphoric acid groups is 2. The van der Waals surface area contributed by atoms with E-state index in [1.54, 1.807) is 0 Å². The Hall–Kier alpha value is 1.56. The third kappa shape index (κ3) is 18.5.